The molecule has 1 aliphatic rings. The van der Waals surface area contributed by atoms with E-state index >= 15 is 0 Å². The van der Waals surface area contributed by atoms with E-state index in [1.807, 2.05) is 19.1 Å². The predicted octanol–water partition coefficient (Wildman–Crippen LogP) is 3.41. The first kappa shape index (κ1) is 26.6. The van der Waals surface area contributed by atoms with Gasteiger partial charge in [0.1, 0.15) is 0 Å². The first-order valence-corrected chi connectivity index (χ1v) is 11.1. The normalized spacial score (nSPS) is 15.0. The van der Waals surface area contributed by atoms with Gasteiger partial charge in [0.2, 0.25) is 10.0 Å². The van der Waals surface area contributed by atoms with Gasteiger partial charge in [0.05, 0.1) is 4.90 Å². The van der Waals surface area contributed by atoms with Crippen molar-refractivity contribution >= 4 is 34.8 Å². The molecule has 0 saturated heterocycles. The van der Waals surface area contributed by atoms with Crippen LogP contribution in [0, 0.1) is 6.92 Å². The molecule has 5 nitrogen and oxygen atoms in total. The number of aryl methyl sites for hydroxylation is 1. The minimum Gasteiger partial charge on any atom is -0.315 e. The van der Waals surface area contributed by atoms with Crippen LogP contribution in [0.1, 0.15) is 50.5 Å². The lowest BCUT2D eigenvalue weighted by molar-refractivity contribution is 0.372. The first-order chi connectivity index (χ1) is 12.1. The molecule has 0 atom stereocenters. The number of rotatable bonds is 11. The van der Waals surface area contributed by atoms with Gasteiger partial charge in [0, 0.05) is 25.7 Å². The fourth-order valence-corrected chi connectivity index (χ4v) is 4.25. The van der Waals surface area contributed by atoms with Crippen molar-refractivity contribution < 1.29 is 8.42 Å². The number of nitrogens with one attached hydrogen (secondary N) is 3. The van der Waals surface area contributed by atoms with Crippen LogP contribution in [0.4, 0.5) is 0 Å². The summed E-state index contributed by atoms with van der Waals surface area (Å²) in [5.41, 5.74) is 1.06. The van der Waals surface area contributed by atoms with Gasteiger partial charge in [-0.2, -0.15) is 0 Å². The maximum absolute atomic E-state index is 12.1. The lowest BCUT2D eigenvalue weighted by Gasteiger charge is -2.22. The predicted molar refractivity (Wildman–Crippen MR) is 118 cm³/mol. The molecule has 1 aromatic rings. The Hall–Kier alpha value is -0.370. The van der Waals surface area contributed by atoms with E-state index in [0.717, 1.165) is 38.0 Å². The Kier molecular flexibility index (Phi) is 14.4. The number of hydrogen-bond donors (Lipinski definition) is 3. The van der Waals surface area contributed by atoms with Gasteiger partial charge in [-0.1, -0.05) is 37.0 Å². The van der Waals surface area contributed by atoms with Crippen molar-refractivity contribution in [3.63, 3.8) is 0 Å². The summed E-state index contributed by atoms with van der Waals surface area (Å²) in [5.74, 6) is 0. The zero-order chi connectivity index (χ0) is 18.0. The molecule has 3 N–H and O–H groups in total. The minimum atomic E-state index is -3.37. The molecule has 1 aliphatic carbocycles. The molecule has 158 valence electrons. The molecule has 0 heterocycles. The first-order valence-electron chi connectivity index (χ1n) is 9.58. The molecular weight excluding hydrogens is 405 g/mol. The maximum atomic E-state index is 12.1. The Bertz CT molecular complexity index is 591. The van der Waals surface area contributed by atoms with Gasteiger partial charge in [-0.3, -0.25) is 0 Å². The second-order valence-corrected chi connectivity index (χ2v) is 8.72. The second kappa shape index (κ2) is 14.6. The van der Waals surface area contributed by atoms with Crippen molar-refractivity contribution in [2.24, 2.45) is 0 Å². The van der Waals surface area contributed by atoms with Gasteiger partial charge in [0.15, 0.2) is 0 Å². The van der Waals surface area contributed by atoms with E-state index in [1.54, 1.807) is 12.1 Å². The van der Waals surface area contributed by atoms with Crippen molar-refractivity contribution in [2.75, 3.05) is 26.2 Å². The van der Waals surface area contributed by atoms with E-state index in [4.69, 9.17) is 0 Å². The highest BCUT2D eigenvalue weighted by molar-refractivity contribution is 7.89. The van der Waals surface area contributed by atoms with Crippen LogP contribution in [-0.2, 0) is 10.0 Å². The average Bonchev–Trinajstić information content (AvgIpc) is 2.61. The van der Waals surface area contributed by atoms with Crippen molar-refractivity contribution in [2.45, 2.75) is 62.8 Å². The largest absolute Gasteiger partial charge is 0.315 e. The van der Waals surface area contributed by atoms with E-state index in [-0.39, 0.29) is 24.8 Å². The van der Waals surface area contributed by atoms with E-state index in [0.29, 0.717) is 17.5 Å². The molecule has 0 bridgehead atoms. The summed E-state index contributed by atoms with van der Waals surface area (Å²) in [5, 5.41) is 7.03. The third-order valence-electron chi connectivity index (χ3n) is 4.74. The van der Waals surface area contributed by atoms with Crippen molar-refractivity contribution in [1.29, 1.82) is 0 Å². The van der Waals surface area contributed by atoms with E-state index in [1.165, 1.54) is 32.1 Å². The zero-order valence-electron chi connectivity index (χ0n) is 16.2. The van der Waals surface area contributed by atoms with E-state index < -0.39 is 10.0 Å². The van der Waals surface area contributed by atoms with Gasteiger partial charge in [-0.15, -0.1) is 24.8 Å². The van der Waals surface area contributed by atoms with Crippen LogP contribution < -0.4 is 15.4 Å². The Morgan fingerprint density at radius 2 is 1.52 bits per heavy atom. The van der Waals surface area contributed by atoms with Gasteiger partial charge in [-0.05, 0) is 51.3 Å². The van der Waals surface area contributed by atoms with E-state index in [9.17, 15) is 8.42 Å². The van der Waals surface area contributed by atoms with Crippen LogP contribution in [-0.4, -0.2) is 40.6 Å². The molecule has 27 heavy (non-hydrogen) atoms. The Morgan fingerprint density at radius 1 is 0.889 bits per heavy atom. The average molecular weight is 440 g/mol. The molecule has 0 unspecified atom stereocenters. The maximum Gasteiger partial charge on any atom is 0.240 e. The lowest BCUT2D eigenvalue weighted by atomic mass is 9.95. The fraction of sp³-hybridized carbons (Fsp3) is 0.684. The fourth-order valence-electron chi connectivity index (χ4n) is 3.18. The van der Waals surface area contributed by atoms with Crippen molar-refractivity contribution in [1.82, 2.24) is 15.4 Å². The van der Waals surface area contributed by atoms with E-state index in [2.05, 4.69) is 15.4 Å². The molecule has 1 saturated carbocycles. The molecular formula is C19H35Cl2N3O2S. The second-order valence-electron chi connectivity index (χ2n) is 6.96. The quantitative estimate of drug-likeness (QED) is 0.462. The molecule has 0 amide bonds. The Morgan fingerprint density at radius 3 is 2.19 bits per heavy atom. The van der Waals surface area contributed by atoms with Gasteiger partial charge < -0.3 is 10.6 Å². The molecule has 0 aromatic heterocycles. The molecule has 2 rings (SSSR count). The summed E-state index contributed by atoms with van der Waals surface area (Å²) < 4.78 is 26.9. The zero-order valence-corrected chi connectivity index (χ0v) is 18.7. The van der Waals surface area contributed by atoms with Crippen LogP contribution in [0.3, 0.4) is 0 Å². The summed E-state index contributed by atoms with van der Waals surface area (Å²) in [6, 6.07) is 7.66. The summed E-state index contributed by atoms with van der Waals surface area (Å²) in [6.07, 6.45) is 8.58. The number of benzene rings is 1. The number of sulfonamides is 1. The monoisotopic (exact) mass is 439 g/mol. The molecule has 0 spiro atoms. The van der Waals surface area contributed by atoms with Crippen LogP contribution in [0.15, 0.2) is 29.2 Å². The highest BCUT2D eigenvalue weighted by Crippen LogP contribution is 2.16. The number of unbranched alkanes of at least 4 members (excludes halogenated alkanes) is 1. The van der Waals surface area contributed by atoms with Gasteiger partial charge >= 0.3 is 0 Å². The topological polar surface area (TPSA) is 70.2 Å². The highest BCUT2D eigenvalue weighted by Gasteiger charge is 2.13. The lowest BCUT2D eigenvalue weighted by Crippen LogP contribution is -2.36. The highest BCUT2D eigenvalue weighted by atomic mass is 35.5. The smallest absolute Gasteiger partial charge is 0.240 e. The molecule has 8 heteroatoms. The van der Waals surface area contributed by atoms with Gasteiger partial charge in [0.25, 0.3) is 0 Å². The van der Waals surface area contributed by atoms with Crippen LogP contribution in [0.5, 0.6) is 0 Å². The summed E-state index contributed by atoms with van der Waals surface area (Å²) in [6.45, 7) is 5.36. The summed E-state index contributed by atoms with van der Waals surface area (Å²) in [7, 11) is -3.37. The minimum absolute atomic E-state index is 0. The SMILES string of the molecule is Cc1ccc(S(=O)(=O)NCCCCNCCNC2CCCCC2)cc1.Cl.Cl. The van der Waals surface area contributed by atoms with Crippen LogP contribution in [0.25, 0.3) is 0 Å². The Balaban J connectivity index is 0.00000338. The Labute approximate surface area is 177 Å². The summed E-state index contributed by atoms with van der Waals surface area (Å²) >= 11 is 0. The third kappa shape index (κ3) is 10.7. The third-order valence-corrected chi connectivity index (χ3v) is 6.22. The number of halogens is 2. The van der Waals surface area contributed by atoms with Crippen molar-refractivity contribution in [3.8, 4) is 0 Å². The van der Waals surface area contributed by atoms with Crippen LogP contribution >= 0.6 is 24.8 Å². The standard InChI is InChI=1S/C19H33N3O2S.2ClH/c1-17-9-11-19(12-10-17)25(23,24)22-14-6-5-13-20-15-16-21-18-7-3-2-4-8-18;;/h9-12,18,20-22H,2-8,13-16H2,1H3;2*1H. The molecule has 0 aliphatic heterocycles. The summed E-state index contributed by atoms with van der Waals surface area (Å²) in [4.78, 5) is 0.338. The number of hydrogen-bond acceptors (Lipinski definition) is 4. The van der Waals surface area contributed by atoms with Gasteiger partial charge in [-0.25, -0.2) is 13.1 Å². The molecule has 1 fully saturated rings. The van der Waals surface area contributed by atoms with Crippen molar-refractivity contribution in [3.05, 3.63) is 29.8 Å². The van der Waals surface area contributed by atoms with Crippen LogP contribution in [0.2, 0.25) is 0 Å². The molecule has 0 radical (unpaired) electrons. The molecule has 1 aromatic carbocycles.